The van der Waals surface area contributed by atoms with Gasteiger partial charge in [-0.05, 0) is 43.4 Å². The summed E-state index contributed by atoms with van der Waals surface area (Å²) in [5.41, 5.74) is 0. The average molecular weight is 1400 g/mol. The number of carbonyl (C=O) groups is 4. The van der Waals surface area contributed by atoms with Crippen LogP contribution < -0.4 is 0 Å². The zero-order valence-electron chi connectivity index (χ0n) is 62.1. The van der Waals surface area contributed by atoms with Crippen molar-refractivity contribution < 1.29 is 80.2 Å². The Kier molecular flexibility index (Phi) is 65.2. The Labute approximate surface area is 581 Å². The zero-order valence-corrected chi connectivity index (χ0v) is 63.9. The van der Waals surface area contributed by atoms with E-state index in [2.05, 4.69) is 48.5 Å². The zero-order chi connectivity index (χ0) is 70.1. The molecule has 95 heavy (non-hydrogen) atoms. The molecule has 564 valence electrons. The fourth-order valence-corrected chi connectivity index (χ4v) is 13.2. The summed E-state index contributed by atoms with van der Waals surface area (Å²) in [6.45, 7) is 11.9. The molecule has 0 fully saturated rings. The van der Waals surface area contributed by atoms with Crippen LogP contribution in [0.2, 0.25) is 0 Å². The normalized spacial score (nSPS) is 14.1. The molecule has 0 aliphatic heterocycles. The van der Waals surface area contributed by atoms with Crippen LogP contribution in [-0.4, -0.2) is 96.7 Å². The van der Waals surface area contributed by atoms with E-state index in [-0.39, 0.29) is 25.7 Å². The van der Waals surface area contributed by atoms with Crippen LogP contribution in [0.1, 0.15) is 389 Å². The second-order valence-electron chi connectivity index (χ2n) is 28.8. The van der Waals surface area contributed by atoms with Gasteiger partial charge in [0.15, 0.2) is 12.2 Å². The Morgan fingerprint density at radius 2 is 0.484 bits per heavy atom. The minimum Gasteiger partial charge on any atom is -0.462 e. The highest BCUT2D eigenvalue weighted by molar-refractivity contribution is 7.47. The highest BCUT2D eigenvalue weighted by atomic mass is 31.2. The molecule has 3 N–H and O–H groups in total. The molecule has 19 heteroatoms. The first-order valence-corrected chi connectivity index (χ1v) is 42.3. The molecule has 0 aliphatic rings. The van der Waals surface area contributed by atoms with Crippen LogP contribution in [0.5, 0.6) is 0 Å². The molecule has 0 aromatic carbocycles. The third-order valence-electron chi connectivity index (χ3n) is 17.6. The van der Waals surface area contributed by atoms with Crippen LogP contribution >= 0.6 is 15.6 Å². The van der Waals surface area contributed by atoms with E-state index in [9.17, 15) is 43.2 Å². The third-order valence-corrected chi connectivity index (χ3v) is 19.5. The number of esters is 4. The van der Waals surface area contributed by atoms with E-state index < -0.39 is 97.5 Å². The minimum atomic E-state index is -4.96. The molecule has 0 amide bonds. The van der Waals surface area contributed by atoms with Crippen molar-refractivity contribution >= 4 is 39.5 Å². The Hall–Kier alpha value is -1.94. The van der Waals surface area contributed by atoms with Crippen LogP contribution in [0.3, 0.4) is 0 Å². The first-order chi connectivity index (χ1) is 45.7. The summed E-state index contributed by atoms with van der Waals surface area (Å²) in [5, 5.41) is 10.6. The molecule has 0 heterocycles. The minimum absolute atomic E-state index is 0.107. The number of ether oxygens (including phenoxy) is 4. The molecule has 0 saturated heterocycles. The summed E-state index contributed by atoms with van der Waals surface area (Å²) >= 11 is 0. The van der Waals surface area contributed by atoms with Crippen molar-refractivity contribution in [2.45, 2.75) is 407 Å². The molecule has 0 aliphatic carbocycles. The highest BCUT2D eigenvalue weighted by Gasteiger charge is 2.30. The second-order valence-corrected chi connectivity index (χ2v) is 31.7. The van der Waals surface area contributed by atoms with Crippen LogP contribution in [-0.2, 0) is 65.4 Å². The van der Waals surface area contributed by atoms with Crippen molar-refractivity contribution in [2.75, 3.05) is 39.6 Å². The lowest BCUT2D eigenvalue weighted by atomic mass is 10.0. The summed E-state index contributed by atoms with van der Waals surface area (Å²) in [6.07, 6.45) is 52.7. The van der Waals surface area contributed by atoms with Crippen molar-refractivity contribution in [1.82, 2.24) is 0 Å². The number of aliphatic hydroxyl groups excluding tert-OH is 1. The number of hydrogen-bond acceptors (Lipinski definition) is 15. The van der Waals surface area contributed by atoms with Gasteiger partial charge >= 0.3 is 39.5 Å². The highest BCUT2D eigenvalue weighted by Crippen LogP contribution is 2.45. The van der Waals surface area contributed by atoms with E-state index in [0.717, 1.165) is 108 Å². The van der Waals surface area contributed by atoms with E-state index >= 15 is 0 Å². The largest absolute Gasteiger partial charge is 0.472 e. The smallest absolute Gasteiger partial charge is 0.462 e. The number of phosphoric acid groups is 2. The SMILES string of the molecule is CCCCCCCCCCCCCCCCCC(=O)O[C@H](COC(=O)CCCCCCCCCC(C)C)COP(=O)(O)OC[C@H](O)COP(=O)(O)OC[C@@H](COC(=O)CCCCCCCCCCCCCCC(C)C)OC(=O)CCCCCCCCCCCCCCC(C)C. The summed E-state index contributed by atoms with van der Waals surface area (Å²) in [7, 11) is -9.91. The molecular formula is C76H148O17P2. The molecule has 0 bridgehead atoms. The molecule has 0 rings (SSSR count). The standard InChI is InChI=1S/C76H148O17P2/c1-8-9-10-11-12-13-14-15-16-17-25-30-37-45-52-59-75(80)93-72(64-87-74(79)58-51-44-39-32-35-42-49-56-69(6)7)66-91-95(84,85)89-62-70(77)61-88-94(82,83)90-65-71(92-76(81)60-53-46-38-31-26-21-19-23-28-34-41-48-55-68(4)5)63-86-73(78)57-50-43-36-29-24-20-18-22-27-33-40-47-54-67(2)3/h67-72,77H,8-66H2,1-7H3,(H,82,83)(H,84,85)/t70-,71-,72-/m1/s1. The maximum atomic E-state index is 13.1. The molecule has 0 radical (unpaired) electrons. The molecule has 5 atom stereocenters. The van der Waals surface area contributed by atoms with Crippen molar-refractivity contribution in [1.29, 1.82) is 0 Å². The maximum absolute atomic E-state index is 13.1. The van der Waals surface area contributed by atoms with E-state index in [1.165, 1.54) is 193 Å². The second kappa shape index (κ2) is 66.6. The van der Waals surface area contributed by atoms with Crippen molar-refractivity contribution in [3.05, 3.63) is 0 Å². The molecular weight excluding hydrogens is 1250 g/mol. The van der Waals surface area contributed by atoms with Gasteiger partial charge in [-0.3, -0.25) is 37.3 Å². The van der Waals surface area contributed by atoms with Gasteiger partial charge in [0.25, 0.3) is 0 Å². The predicted molar refractivity (Wildman–Crippen MR) is 386 cm³/mol. The summed E-state index contributed by atoms with van der Waals surface area (Å²) in [6, 6.07) is 0. The molecule has 17 nitrogen and oxygen atoms in total. The van der Waals surface area contributed by atoms with E-state index in [1.54, 1.807) is 0 Å². The average Bonchev–Trinajstić information content (AvgIpc) is 1.34. The Bertz CT molecular complexity index is 1850. The van der Waals surface area contributed by atoms with Gasteiger partial charge in [-0.15, -0.1) is 0 Å². The van der Waals surface area contributed by atoms with Crippen LogP contribution in [0.4, 0.5) is 0 Å². The number of hydrogen-bond donors (Lipinski definition) is 3. The monoisotopic (exact) mass is 1400 g/mol. The van der Waals surface area contributed by atoms with Gasteiger partial charge in [-0.1, -0.05) is 337 Å². The Morgan fingerprint density at radius 1 is 0.284 bits per heavy atom. The fraction of sp³-hybridized carbons (Fsp3) is 0.947. The number of carbonyl (C=O) groups excluding carboxylic acids is 4. The summed E-state index contributed by atoms with van der Waals surface area (Å²) in [5.74, 6) is 0.147. The molecule has 0 aromatic rings. The van der Waals surface area contributed by atoms with Crippen LogP contribution in [0.25, 0.3) is 0 Å². The first-order valence-electron chi connectivity index (χ1n) is 39.3. The van der Waals surface area contributed by atoms with Gasteiger partial charge in [-0.25, -0.2) is 9.13 Å². The van der Waals surface area contributed by atoms with Crippen molar-refractivity contribution in [2.24, 2.45) is 17.8 Å². The number of phosphoric ester groups is 2. The molecule has 0 spiro atoms. The molecule has 0 saturated carbocycles. The maximum Gasteiger partial charge on any atom is 0.472 e. The Balaban J connectivity index is 5.25. The van der Waals surface area contributed by atoms with Crippen LogP contribution in [0, 0.1) is 17.8 Å². The Morgan fingerprint density at radius 3 is 0.716 bits per heavy atom. The van der Waals surface area contributed by atoms with E-state index in [1.807, 2.05) is 0 Å². The van der Waals surface area contributed by atoms with Gasteiger partial charge < -0.3 is 33.8 Å². The number of rotatable bonds is 74. The van der Waals surface area contributed by atoms with Crippen molar-refractivity contribution in [3.63, 3.8) is 0 Å². The first kappa shape index (κ1) is 93.1. The fourth-order valence-electron chi connectivity index (χ4n) is 11.6. The van der Waals surface area contributed by atoms with E-state index in [0.29, 0.717) is 31.6 Å². The molecule has 0 aromatic heterocycles. The van der Waals surface area contributed by atoms with Gasteiger partial charge in [0.1, 0.15) is 19.3 Å². The van der Waals surface area contributed by atoms with Gasteiger partial charge in [0.2, 0.25) is 0 Å². The van der Waals surface area contributed by atoms with Crippen LogP contribution in [0.15, 0.2) is 0 Å². The summed E-state index contributed by atoms with van der Waals surface area (Å²) < 4.78 is 68.5. The van der Waals surface area contributed by atoms with Gasteiger partial charge in [0.05, 0.1) is 26.4 Å². The third kappa shape index (κ3) is 70.3. The topological polar surface area (TPSA) is 237 Å². The number of unbranched alkanes of at least 4 members (excludes halogenated alkanes) is 42. The van der Waals surface area contributed by atoms with Gasteiger partial charge in [0, 0.05) is 25.7 Å². The van der Waals surface area contributed by atoms with Crippen molar-refractivity contribution in [3.8, 4) is 0 Å². The van der Waals surface area contributed by atoms with Gasteiger partial charge in [-0.2, -0.15) is 0 Å². The predicted octanol–water partition coefficient (Wildman–Crippen LogP) is 22.2. The quantitative estimate of drug-likeness (QED) is 0.0222. The van der Waals surface area contributed by atoms with E-state index in [4.69, 9.17) is 37.0 Å². The molecule has 2 unspecified atom stereocenters. The number of aliphatic hydroxyl groups is 1. The lowest BCUT2D eigenvalue weighted by molar-refractivity contribution is -0.161. The summed E-state index contributed by atoms with van der Waals surface area (Å²) in [4.78, 5) is 72.8. The lowest BCUT2D eigenvalue weighted by Gasteiger charge is -2.21. The lowest BCUT2D eigenvalue weighted by Crippen LogP contribution is -2.30.